The standard InChI is InChI=1S/C17H10F8N4OS/c18-17(19,20)6-5-14-28-9-11(10-29-14)15-16(27-8-7-26-15)30-12-1-3-13(4-2-12)31(21,22,23,24)25/h1-10H/b6-5+. The molecular formula is C17H10F8N4OS. The van der Waals surface area contributed by atoms with E-state index in [-0.39, 0.29) is 46.9 Å². The van der Waals surface area contributed by atoms with Crippen molar-refractivity contribution < 1.29 is 37.3 Å². The van der Waals surface area contributed by atoms with Gasteiger partial charge in [-0.15, -0.1) is 0 Å². The summed E-state index contributed by atoms with van der Waals surface area (Å²) in [6.07, 6.45) is 0.781. The van der Waals surface area contributed by atoms with E-state index in [1.54, 1.807) is 0 Å². The molecule has 0 N–H and O–H groups in total. The van der Waals surface area contributed by atoms with E-state index in [9.17, 15) is 32.6 Å². The third-order valence-corrected chi connectivity index (χ3v) is 4.68. The third kappa shape index (κ3) is 6.10. The van der Waals surface area contributed by atoms with Gasteiger partial charge in [-0.05, 0) is 30.3 Å². The first-order valence-corrected chi connectivity index (χ1v) is 9.97. The second-order valence-corrected chi connectivity index (χ2v) is 8.37. The number of rotatable bonds is 5. The molecule has 2 heterocycles. The lowest BCUT2D eigenvalue weighted by Crippen LogP contribution is -2.05. The second kappa shape index (κ2) is 6.87. The first-order chi connectivity index (χ1) is 14.1. The summed E-state index contributed by atoms with van der Waals surface area (Å²) in [5, 5.41) is 0. The molecule has 3 rings (SSSR count). The van der Waals surface area contributed by atoms with E-state index in [0.29, 0.717) is 18.2 Å². The van der Waals surface area contributed by atoms with Crippen LogP contribution < -0.4 is 4.74 Å². The van der Waals surface area contributed by atoms with Crippen molar-refractivity contribution in [1.29, 1.82) is 0 Å². The van der Waals surface area contributed by atoms with Gasteiger partial charge in [-0.1, -0.05) is 19.4 Å². The summed E-state index contributed by atoms with van der Waals surface area (Å²) in [7, 11) is -9.82. The molecule has 3 aromatic rings. The lowest BCUT2D eigenvalue weighted by molar-refractivity contribution is -0.0791. The predicted octanol–water partition coefficient (Wildman–Crippen LogP) is 6.96. The minimum Gasteiger partial charge on any atom is -0.437 e. The molecule has 31 heavy (non-hydrogen) atoms. The van der Waals surface area contributed by atoms with E-state index in [1.807, 2.05) is 0 Å². The predicted molar refractivity (Wildman–Crippen MR) is 96.1 cm³/mol. The summed E-state index contributed by atoms with van der Waals surface area (Å²) in [5.41, 5.74) is 0.196. The summed E-state index contributed by atoms with van der Waals surface area (Å²) in [5.74, 6) is -0.693. The molecule has 0 saturated heterocycles. The average molecular weight is 470 g/mol. The highest BCUT2D eigenvalue weighted by molar-refractivity contribution is 8.45. The Labute approximate surface area is 169 Å². The fourth-order valence-corrected chi connectivity index (χ4v) is 2.84. The van der Waals surface area contributed by atoms with E-state index in [0.717, 1.165) is 12.4 Å². The van der Waals surface area contributed by atoms with Crippen molar-refractivity contribution in [2.45, 2.75) is 11.1 Å². The van der Waals surface area contributed by atoms with Gasteiger partial charge in [-0.2, -0.15) is 13.2 Å². The van der Waals surface area contributed by atoms with Crippen molar-refractivity contribution in [2.75, 3.05) is 0 Å². The molecule has 1 aromatic carbocycles. The molecule has 0 saturated carbocycles. The Morgan fingerprint density at radius 1 is 0.806 bits per heavy atom. The van der Waals surface area contributed by atoms with Crippen LogP contribution in [0.3, 0.4) is 0 Å². The van der Waals surface area contributed by atoms with Crippen molar-refractivity contribution in [2.24, 2.45) is 0 Å². The van der Waals surface area contributed by atoms with Crippen LogP contribution in [0.2, 0.25) is 0 Å². The highest BCUT2D eigenvalue weighted by Gasteiger charge is 2.65. The van der Waals surface area contributed by atoms with E-state index in [1.165, 1.54) is 12.4 Å². The van der Waals surface area contributed by atoms with Crippen LogP contribution in [0.1, 0.15) is 5.82 Å². The highest BCUT2D eigenvalue weighted by atomic mass is 32.5. The topological polar surface area (TPSA) is 60.8 Å². The molecule has 14 heteroatoms. The van der Waals surface area contributed by atoms with Crippen LogP contribution in [0, 0.1) is 0 Å². The Bertz CT molecular complexity index is 1120. The first-order valence-electron chi connectivity index (χ1n) is 8.02. The van der Waals surface area contributed by atoms with Crippen LogP contribution in [0.4, 0.5) is 32.6 Å². The van der Waals surface area contributed by atoms with Gasteiger partial charge in [0.25, 0.3) is 0 Å². The van der Waals surface area contributed by atoms with Crippen LogP contribution in [-0.2, 0) is 0 Å². The lowest BCUT2D eigenvalue weighted by Gasteiger charge is -2.40. The number of allylic oxidation sites excluding steroid dienone is 1. The van der Waals surface area contributed by atoms with Crippen LogP contribution >= 0.6 is 10.2 Å². The maximum absolute atomic E-state index is 12.8. The third-order valence-electron chi connectivity index (χ3n) is 3.51. The van der Waals surface area contributed by atoms with Gasteiger partial charge in [-0.3, -0.25) is 0 Å². The van der Waals surface area contributed by atoms with E-state index in [2.05, 4.69) is 19.9 Å². The van der Waals surface area contributed by atoms with Gasteiger partial charge in [-0.25, -0.2) is 19.9 Å². The number of hydrogen-bond acceptors (Lipinski definition) is 5. The van der Waals surface area contributed by atoms with Crippen LogP contribution in [-0.4, -0.2) is 26.1 Å². The molecule has 0 aliphatic rings. The van der Waals surface area contributed by atoms with Crippen LogP contribution in [0.5, 0.6) is 11.6 Å². The van der Waals surface area contributed by atoms with Gasteiger partial charge in [0.15, 0.2) is 5.82 Å². The molecule has 0 aliphatic heterocycles. The summed E-state index contributed by atoms with van der Waals surface area (Å²) in [6.45, 7) is 0. The zero-order valence-electron chi connectivity index (χ0n) is 14.9. The second-order valence-electron chi connectivity index (χ2n) is 5.96. The van der Waals surface area contributed by atoms with Gasteiger partial charge in [0.05, 0.1) is 0 Å². The average Bonchev–Trinajstić information content (AvgIpc) is 2.65. The Morgan fingerprint density at radius 2 is 1.39 bits per heavy atom. The summed E-state index contributed by atoms with van der Waals surface area (Å²) in [6, 6.07) is 1.73. The maximum Gasteiger partial charge on any atom is 0.409 e. The molecule has 166 valence electrons. The normalized spacial score (nSPS) is 14.8. The van der Waals surface area contributed by atoms with Crippen molar-refractivity contribution in [1.82, 2.24) is 19.9 Å². The molecular weight excluding hydrogens is 460 g/mol. The number of nitrogens with zero attached hydrogens (tertiary/aromatic N) is 4. The van der Waals surface area contributed by atoms with E-state index in [4.69, 9.17) is 4.74 Å². The van der Waals surface area contributed by atoms with Gasteiger partial charge < -0.3 is 4.74 Å². The molecule has 2 aromatic heterocycles. The zero-order valence-corrected chi connectivity index (χ0v) is 15.7. The monoisotopic (exact) mass is 470 g/mol. The van der Waals surface area contributed by atoms with Gasteiger partial charge >= 0.3 is 16.4 Å². The molecule has 5 nitrogen and oxygen atoms in total. The summed E-state index contributed by atoms with van der Waals surface area (Å²) < 4.78 is 106. The number of ether oxygens (including phenoxy) is 1. The van der Waals surface area contributed by atoms with Gasteiger partial charge in [0.1, 0.15) is 16.3 Å². The molecule has 0 unspecified atom stereocenters. The molecule has 0 aliphatic carbocycles. The zero-order chi connectivity index (χ0) is 23.0. The quantitative estimate of drug-likeness (QED) is 0.378. The van der Waals surface area contributed by atoms with Gasteiger partial charge in [0, 0.05) is 36.4 Å². The number of aromatic nitrogens is 4. The van der Waals surface area contributed by atoms with Crippen molar-refractivity contribution in [3.05, 3.63) is 61.0 Å². The molecule has 0 spiro atoms. The van der Waals surface area contributed by atoms with Crippen molar-refractivity contribution >= 4 is 16.3 Å². The first kappa shape index (κ1) is 22.4. The molecule has 0 radical (unpaired) electrons. The van der Waals surface area contributed by atoms with Crippen molar-refractivity contribution in [3.8, 4) is 22.9 Å². The van der Waals surface area contributed by atoms with Crippen LogP contribution in [0.15, 0.2) is 60.0 Å². The molecule has 0 amide bonds. The Balaban J connectivity index is 1.86. The van der Waals surface area contributed by atoms with E-state index >= 15 is 0 Å². The lowest BCUT2D eigenvalue weighted by atomic mass is 10.2. The van der Waals surface area contributed by atoms with Crippen molar-refractivity contribution in [3.63, 3.8) is 0 Å². The number of alkyl halides is 3. The highest BCUT2D eigenvalue weighted by Crippen LogP contribution is 3.02. The Kier molecular flexibility index (Phi) is 4.96. The fourth-order valence-electron chi connectivity index (χ4n) is 2.19. The number of hydrogen-bond donors (Lipinski definition) is 0. The minimum absolute atomic E-state index is 0.0191. The largest absolute Gasteiger partial charge is 0.437 e. The fraction of sp³-hybridized carbons (Fsp3) is 0.0588. The Hall–Kier alpha value is -3.29. The smallest absolute Gasteiger partial charge is 0.409 e. The number of halogens is 8. The summed E-state index contributed by atoms with van der Waals surface area (Å²) in [4.78, 5) is 13.2. The van der Waals surface area contributed by atoms with E-state index < -0.39 is 21.3 Å². The van der Waals surface area contributed by atoms with Crippen LogP contribution in [0.25, 0.3) is 17.3 Å². The molecule has 0 bridgehead atoms. The maximum atomic E-state index is 12.8. The molecule has 0 fully saturated rings. The molecule has 0 atom stereocenters. The Morgan fingerprint density at radius 3 is 1.94 bits per heavy atom. The summed E-state index contributed by atoms with van der Waals surface area (Å²) >= 11 is 0. The van der Waals surface area contributed by atoms with Gasteiger partial charge in [0.2, 0.25) is 5.88 Å². The SMILES string of the molecule is FC(F)(F)/C=C/c1ncc(-c2nccnc2Oc2ccc(S(F)(F)(F)(F)F)cc2)cn1. The number of benzene rings is 1. The minimum atomic E-state index is -9.82.